The zero-order chi connectivity index (χ0) is 14.1. The van der Waals surface area contributed by atoms with Gasteiger partial charge in [0, 0.05) is 13.6 Å². The maximum atomic E-state index is 12.6. The van der Waals surface area contributed by atoms with E-state index in [0.717, 1.165) is 12.1 Å². The van der Waals surface area contributed by atoms with Crippen LogP contribution in [0.15, 0.2) is 24.3 Å². The summed E-state index contributed by atoms with van der Waals surface area (Å²) in [5.74, 6) is 1.65. The average Bonchev–Trinajstić information content (AvgIpc) is 3.00. The Hall–Kier alpha value is -1.55. The van der Waals surface area contributed by atoms with Crippen molar-refractivity contribution in [2.24, 2.45) is 11.8 Å². The minimum Gasteiger partial charge on any atom is -0.508 e. The quantitative estimate of drug-likeness (QED) is 0.882. The first-order valence-corrected chi connectivity index (χ1v) is 7.41. The van der Waals surface area contributed by atoms with Gasteiger partial charge in [-0.2, -0.15) is 0 Å². The molecule has 2 N–H and O–H groups in total. The number of nitrogens with zero attached hydrogens (tertiary/aromatic N) is 1. The smallest absolute Gasteiger partial charge is 0.240 e. The van der Waals surface area contributed by atoms with Gasteiger partial charge in [-0.3, -0.25) is 4.79 Å². The molecule has 3 unspecified atom stereocenters. The molecule has 2 fully saturated rings. The second kappa shape index (κ2) is 5.44. The molecule has 4 heteroatoms. The topological polar surface area (TPSA) is 52.6 Å². The summed E-state index contributed by atoms with van der Waals surface area (Å²) in [7, 11) is 1.84. The van der Waals surface area contributed by atoms with Crippen LogP contribution < -0.4 is 5.32 Å². The standard InChI is InChI=1S/C16H22N2O2/c1-18(10-11-4-2-6-13(19)8-11)16(20)15-14-7-3-5-12(14)9-17-15/h2,4,6,8,12,14-15,17,19H,3,5,7,9-10H2,1H3. The SMILES string of the molecule is CN(Cc1cccc(O)c1)C(=O)C1NCC2CCCC21. The highest BCUT2D eigenvalue weighted by Gasteiger charge is 2.43. The molecule has 0 aromatic heterocycles. The number of hydrogen-bond acceptors (Lipinski definition) is 3. The fraction of sp³-hybridized carbons (Fsp3) is 0.562. The zero-order valence-corrected chi connectivity index (χ0v) is 11.9. The maximum Gasteiger partial charge on any atom is 0.240 e. The fourth-order valence-electron chi connectivity index (χ4n) is 3.70. The first kappa shape index (κ1) is 13.4. The van der Waals surface area contributed by atoms with E-state index in [-0.39, 0.29) is 17.7 Å². The number of rotatable bonds is 3. The van der Waals surface area contributed by atoms with E-state index < -0.39 is 0 Å². The molecule has 4 nitrogen and oxygen atoms in total. The Morgan fingerprint density at radius 1 is 1.45 bits per heavy atom. The summed E-state index contributed by atoms with van der Waals surface area (Å²) < 4.78 is 0. The van der Waals surface area contributed by atoms with Crippen LogP contribution in [0.2, 0.25) is 0 Å². The maximum absolute atomic E-state index is 12.6. The van der Waals surface area contributed by atoms with Crippen molar-refractivity contribution in [2.75, 3.05) is 13.6 Å². The van der Waals surface area contributed by atoms with E-state index >= 15 is 0 Å². The van der Waals surface area contributed by atoms with E-state index in [0.29, 0.717) is 18.4 Å². The van der Waals surface area contributed by atoms with Crippen molar-refractivity contribution in [1.29, 1.82) is 0 Å². The minimum absolute atomic E-state index is 0.00944. The van der Waals surface area contributed by atoms with Crippen molar-refractivity contribution >= 4 is 5.91 Å². The third kappa shape index (κ3) is 2.52. The molecule has 1 aliphatic heterocycles. The van der Waals surface area contributed by atoms with Gasteiger partial charge in [0.25, 0.3) is 0 Å². The first-order valence-electron chi connectivity index (χ1n) is 7.41. The van der Waals surface area contributed by atoms with E-state index in [1.165, 1.54) is 19.3 Å². The number of fused-ring (bicyclic) bond motifs is 1. The summed E-state index contributed by atoms with van der Waals surface area (Å²) in [6.07, 6.45) is 3.70. The normalized spacial score (nSPS) is 28.4. The molecule has 0 radical (unpaired) electrons. The molecular weight excluding hydrogens is 252 g/mol. The number of likely N-dealkylation sites (N-methyl/N-ethyl adjacent to an activating group) is 1. The molecule has 108 valence electrons. The van der Waals surface area contributed by atoms with Gasteiger partial charge in [-0.25, -0.2) is 0 Å². The van der Waals surface area contributed by atoms with E-state index in [2.05, 4.69) is 5.32 Å². The number of hydrogen-bond donors (Lipinski definition) is 2. The van der Waals surface area contributed by atoms with Crippen LogP contribution in [0.4, 0.5) is 0 Å². The molecule has 1 aromatic rings. The van der Waals surface area contributed by atoms with Crippen LogP contribution in [0, 0.1) is 11.8 Å². The molecule has 2 aliphatic rings. The van der Waals surface area contributed by atoms with Gasteiger partial charge in [0.1, 0.15) is 5.75 Å². The first-order chi connectivity index (χ1) is 9.65. The molecular formula is C16H22N2O2. The largest absolute Gasteiger partial charge is 0.508 e. The lowest BCUT2D eigenvalue weighted by molar-refractivity contribution is -0.133. The van der Waals surface area contributed by atoms with Crippen LogP contribution in [0.25, 0.3) is 0 Å². The van der Waals surface area contributed by atoms with Crippen molar-refractivity contribution in [3.05, 3.63) is 29.8 Å². The average molecular weight is 274 g/mol. The number of nitrogens with one attached hydrogen (secondary N) is 1. The number of phenolic OH excluding ortho intramolecular Hbond substituents is 1. The fourth-order valence-corrected chi connectivity index (χ4v) is 3.70. The van der Waals surface area contributed by atoms with Crippen molar-refractivity contribution in [3.8, 4) is 5.75 Å². The Morgan fingerprint density at radius 2 is 2.30 bits per heavy atom. The van der Waals surface area contributed by atoms with Crippen LogP contribution in [0.3, 0.4) is 0 Å². The van der Waals surface area contributed by atoms with Gasteiger partial charge in [-0.15, -0.1) is 0 Å². The number of phenols is 1. The molecule has 1 aromatic carbocycles. The van der Waals surface area contributed by atoms with E-state index in [1.54, 1.807) is 17.0 Å². The Labute approximate surface area is 119 Å². The molecule has 1 saturated heterocycles. The number of aromatic hydroxyl groups is 1. The molecule has 0 spiro atoms. The van der Waals surface area contributed by atoms with Gasteiger partial charge < -0.3 is 15.3 Å². The van der Waals surface area contributed by atoms with Gasteiger partial charge in [0.05, 0.1) is 6.04 Å². The summed E-state index contributed by atoms with van der Waals surface area (Å²) in [6, 6.07) is 7.09. The molecule has 0 bridgehead atoms. The number of amides is 1. The van der Waals surface area contributed by atoms with Gasteiger partial charge in [-0.05, 0) is 48.9 Å². The number of benzene rings is 1. The highest BCUT2D eigenvalue weighted by Crippen LogP contribution is 2.38. The summed E-state index contributed by atoms with van der Waals surface area (Å²) in [5.41, 5.74) is 0.960. The molecule has 1 aliphatic carbocycles. The minimum atomic E-state index is -0.00944. The second-order valence-electron chi connectivity index (χ2n) is 6.10. The van der Waals surface area contributed by atoms with Gasteiger partial charge in [-0.1, -0.05) is 18.6 Å². The Kier molecular flexibility index (Phi) is 3.66. The van der Waals surface area contributed by atoms with Crippen molar-refractivity contribution < 1.29 is 9.90 Å². The van der Waals surface area contributed by atoms with Crippen LogP contribution in [-0.4, -0.2) is 35.5 Å². The number of carbonyl (C=O) groups excluding carboxylic acids is 1. The van der Waals surface area contributed by atoms with Crippen LogP contribution in [-0.2, 0) is 11.3 Å². The van der Waals surface area contributed by atoms with E-state index in [1.807, 2.05) is 19.2 Å². The second-order valence-corrected chi connectivity index (χ2v) is 6.10. The summed E-state index contributed by atoms with van der Waals surface area (Å²) in [6.45, 7) is 1.53. The van der Waals surface area contributed by atoms with Gasteiger partial charge >= 0.3 is 0 Å². The molecule has 3 atom stereocenters. The monoisotopic (exact) mass is 274 g/mol. The predicted molar refractivity (Wildman–Crippen MR) is 77.2 cm³/mol. The molecule has 1 saturated carbocycles. The lowest BCUT2D eigenvalue weighted by Crippen LogP contribution is -2.44. The molecule has 20 heavy (non-hydrogen) atoms. The van der Waals surface area contributed by atoms with Crippen molar-refractivity contribution in [1.82, 2.24) is 10.2 Å². The highest BCUT2D eigenvalue weighted by atomic mass is 16.3. The van der Waals surface area contributed by atoms with Crippen LogP contribution >= 0.6 is 0 Å². The Bertz CT molecular complexity index is 503. The molecule has 1 heterocycles. The van der Waals surface area contributed by atoms with Gasteiger partial charge in [0.15, 0.2) is 0 Å². The lowest BCUT2D eigenvalue weighted by atomic mass is 9.93. The third-order valence-corrected chi connectivity index (χ3v) is 4.72. The number of carbonyl (C=O) groups is 1. The van der Waals surface area contributed by atoms with Crippen molar-refractivity contribution in [2.45, 2.75) is 31.8 Å². The Balaban J connectivity index is 1.65. The zero-order valence-electron chi connectivity index (χ0n) is 11.9. The van der Waals surface area contributed by atoms with Crippen LogP contribution in [0.1, 0.15) is 24.8 Å². The lowest BCUT2D eigenvalue weighted by Gasteiger charge is -2.24. The highest BCUT2D eigenvalue weighted by molar-refractivity contribution is 5.82. The van der Waals surface area contributed by atoms with E-state index in [9.17, 15) is 9.90 Å². The summed E-state index contributed by atoms with van der Waals surface area (Å²) in [5, 5.41) is 12.9. The van der Waals surface area contributed by atoms with Gasteiger partial charge in [0.2, 0.25) is 5.91 Å². The Morgan fingerprint density at radius 3 is 3.10 bits per heavy atom. The summed E-state index contributed by atoms with van der Waals surface area (Å²) in [4.78, 5) is 14.3. The molecule has 3 rings (SSSR count). The summed E-state index contributed by atoms with van der Waals surface area (Å²) >= 11 is 0. The third-order valence-electron chi connectivity index (χ3n) is 4.72. The molecule has 1 amide bonds. The van der Waals surface area contributed by atoms with E-state index in [4.69, 9.17) is 0 Å². The predicted octanol–water partition coefficient (Wildman–Crippen LogP) is 1.74. The van der Waals surface area contributed by atoms with Crippen LogP contribution in [0.5, 0.6) is 5.75 Å². The van der Waals surface area contributed by atoms with Crippen molar-refractivity contribution in [3.63, 3.8) is 0 Å².